The quantitative estimate of drug-likeness (QED) is 0.457. The van der Waals surface area contributed by atoms with Gasteiger partial charge in [-0.3, -0.25) is 0 Å². The van der Waals surface area contributed by atoms with Gasteiger partial charge in [-0.2, -0.15) is 5.26 Å². The molecule has 1 atom stereocenters. The maximum Gasteiger partial charge on any atom is 0.0966 e. The summed E-state index contributed by atoms with van der Waals surface area (Å²) >= 11 is 0. The number of hydrogen-bond acceptors (Lipinski definition) is 2. The van der Waals surface area contributed by atoms with E-state index in [0.29, 0.717) is 5.57 Å². The molecule has 1 rings (SSSR count). The molecule has 0 aromatic rings. The summed E-state index contributed by atoms with van der Waals surface area (Å²) in [4.78, 5) is 0. The predicted molar refractivity (Wildman–Crippen MR) is 25.0 cm³/mol. The molecule has 0 spiro atoms. The molecule has 2 nitrogen and oxygen atoms in total. The molecule has 0 saturated carbocycles. The second-order valence-electron chi connectivity index (χ2n) is 1.51. The first-order chi connectivity index (χ1) is 3.34. The largest absolute Gasteiger partial charge is 0.323 e. The summed E-state index contributed by atoms with van der Waals surface area (Å²) in [5.41, 5.74) is 5.92. The lowest BCUT2D eigenvalue weighted by Crippen LogP contribution is -2.28. The van der Waals surface area contributed by atoms with E-state index in [2.05, 4.69) is 6.08 Å². The maximum atomic E-state index is 8.13. The monoisotopic (exact) mass is 93.0 g/mol. The third-order valence-electron chi connectivity index (χ3n) is 1.00. The van der Waals surface area contributed by atoms with E-state index in [-0.39, 0.29) is 6.04 Å². The smallest absolute Gasteiger partial charge is 0.0966 e. The molecule has 0 aromatic heterocycles. The molecule has 2 N–H and O–H groups in total. The zero-order chi connectivity index (χ0) is 5.28. The zero-order valence-corrected chi connectivity index (χ0v) is 3.81. The van der Waals surface area contributed by atoms with Crippen molar-refractivity contribution in [2.24, 2.45) is 5.73 Å². The molecule has 0 amide bonds. The van der Waals surface area contributed by atoms with Crippen molar-refractivity contribution in [3.05, 3.63) is 11.6 Å². The summed E-state index contributed by atoms with van der Waals surface area (Å²) in [6, 6.07) is 1.92. The Labute approximate surface area is 42.2 Å². The van der Waals surface area contributed by atoms with Crippen LogP contribution in [0, 0.1) is 17.4 Å². The highest BCUT2D eigenvalue weighted by atomic mass is 14.7. The minimum Gasteiger partial charge on any atom is -0.323 e. The first kappa shape index (κ1) is 4.35. The SMILES string of the molecule is N#CC1=[C]CC1N. The number of hydrogen-bond donors (Lipinski definition) is 1. The second-order valence-corrected chi connectivity index (χ2v) is 1.51. The normalized spacial score (nSPS) is 27.4. The van der Waals surface area contributed by atoms with Crippen LogP contribution in [0.2, 0.25) is 0 Å². The fourth-order valence-electron chi connectivity index (χ4n) is 0.444. The lowest BCUT2D eigenvalue weighted by atomic mass is 9.95. The van der Waals surface area contributed by atoms with Crippen molar-refractivity contribution in [2.45, 2.75) is 12.5 Å². The predicted octanol–water partition coefficient (Wildman–Crippen LogP) is -0.0294. The van der Waals surface area contributed by atoms with Gasteiger partial charge in [-0.05, 0) is 12.5 Å². The Balaban J connectivity index is 2.62. The Morgan fingerprint density at radius 3 is 2.71 bits per heavy atom. The van der Waals surface area contributed by atoms with Gasteiger partial charge in [0, 0.05) is 6.04 Å². The van der Waals surface area contributed by atoms with Crippen LogP contribution in [0.25, 0.3) is 0 Å². The van der Waals surface area contributed by atoms with Gasteiger partial charge in [0.1, 0.15) is 0 Å². The van der Waals surface area contributed by atoms with Crippen molar-refractivity contribution < 1.29 is 0 Å². The number of nitrogens with two attached hydrogens (primary N) is 1. The summed E-state index contributed by atoms with van der Waals surface area (Å²) in [5, 5.41) is 8.13. The Morgan fingerprint density at radius 1 is 2.00 bits per heavy atom. The summed E-state index contributed by atoms with van der Waals surface area (Å²) in [6.45, 7) is 0. The van der Waals surface area contributed by atoms with Gasteiger partial charge in [0.05, 0.1) is 11.6 Å². The maximum absolute atomic E-state index is 8.13. The topological polar surface area (TPSA) is 49.8 Å². The highest BCUT2D eigenvalue weighted by molar-refractivity contribution is 5.30. The van der Waals surface area contributed by atoms with E-state index in [1.54, 1.807) is 0 Å². The van der Waals surface area contributed by atoms with Gasteiger partial charge in [0.15, 0.2) is 0 Å². The van der Waals surface area contributed by atoms with E-state index < -0.39 is 0 Å². The van der Waals surface area contributed by atoms with Crippen LogP contribution >= 0.6 is 0 Å². The molecule has 1 unspecified atom stereocenters. The van der Waals surface area contributed by atoms with Crippen molar-refractivity contribution in [1.29, 1.82) is 5.26 Å². The van der Waals surface area contributed by atoms with Crippen LogP contribution in [0.1, 0.15) is 6.42 Å². The van der Waals surface area contributed by atoms with Gasteiger partial charge >= 0.3 is 0 Å². The fraction of sp³-hybridized carbons (Fsp3) is 0.400. The summed E-state index contributed by atoms with van der Waals surface area (Å²) in [5.74, 6) is 0. The van der Waals surface area contributed by atoms with Gasteiger partial charge in [-0.25, -0.2) is 0 Å². The first-order valence-electron chi connectivity index (χ1n) is 2.11. The molecule has 0 bridgehead atoms. The van der Waals surface area contributed by atoms with Crippen LogP contribution in [0.5, 0.6) is 0 Å². The number of nitriles is 1. The summed E-state index contributed by atoms with van der Waals surface area (Å²) in [7, 11) is 0. The van der Waals surface area contributed by atoms with Crippen molar-refractivity contribution >= 4 is 0 Å². The average Bonchev–Trinajstić information content (AvgIpc) is 1.65. The molecular formula is C5H5N2. The zero-order valence-electron chi connectivity index (χ0n) is 3.81. The van der Waals surface area contributed by atoms with E-state index in [0.717, 1.165) is 6.42 Å². The van der Waals surface area contributed by atoms with Gasteiger partial charge in [-0.1, -0.05) is 0 Å². The fourth-order valence-corrected chi connectivity index (χ4v) is 0.444. The average molecular weight is 93.1 g/mol. The van der Waals surface area contributed by atoms with Crippen LogP contribution in [-0.2, 0) is 0 Å². The third kappa shape index (κ3) is 0.509. The molecular weight excluding hydrogens is 88.1 g/mol. The molecule has 0 aromatic carbocycles. The van der Waals surface area contributed by atoms with E-state index in [1.165, 1.54) is 0 Å². The van der Waals surface area contributed by atoms with Crippen LogP contribution < -0.4 is 5.73 Å². The molecule has 2 heteroatoms. The van der Waals surface area contributed by atoms with E-state index in [4.69, 9.17) is 11.0 Å². The van der Waals surface area contributed by atoms with Crippen molar-refractivity contribution in [3.8, 4) is 6.07 Å². The van der Waals surface area contributed by atoms with Gasteiger partial charge in [0.2, 0.25) is 0 Å². The lowest BCUT2D eigenvalue weighted by molar-refractivity contribution is 0.714. The van der Waals surface area contributed by atoms with E-state index in [9.17, 15) is 0 Å². The minimum absolute atomic E-state index is 0.00926. The van der Waals surface area contributed by atoms with Crippen LogP contribution in [0.3, 0.4) is 0 Å². The Hall–Kier alpha value is -0.810. The molecule has 1 aliphatic rings. The molecule has 35 valence electrons. The van der Waals surface area contributed by atoms with Gasteiger partial charge in [-0.15, -0.1) is 0 Å². The first-order valence-corrected chi connectivity index (χ1v) is 2.11. The lowest BCUT2D eigenvalue weighted by Gasteiger charge is -2.14. The van der Waals surface area contributed by atoms with Crippen molar-refractivity contribution in [3.63, 3.8) is 0 Å². The molecule has 0 heterocycles. The third-order valence-corrected chi connectivity index (χ3v) is 1.00. The molecule has 0 fully saturated rings. The highest BCUT2D eigenvalue weighted by Crippen LogP contribution is 2.13. The Bertz CT molecular complexity index is 141. The van der Waals surface area contributed by atoms with Crippen molar-refractivity contribution in [2.75, 3.05) is 0 Å². The van der Waals surface area contributed by atoms with Crippen LogP contribution in [-0.4, -0.2) is 6.04 Å². The van der Waals surface area contributed by atoms with Gasteiger partial charge < -0.3 is 5.73 Å². The van der Waals surface area contributed by atoms with Crippen molar-refractivity contribution in [1.82, 2.24) is 0 Å². The van der Waals surface area contributed by atoms with Gasteiger partial charge in [0.25, 0.3) is 0 Å². The minimum atomic E-state index is -0.00926. The second kappa shape index (κ2) is 1.36. The van der Waals surface area contributed by atoms with E-state index >= 15 is 0 Å². The highest BCUT2D eigenvalue weighted by Gasteiger charge is 2.15. The Morgan fingerprint density at radius 2 is 2.71 bits per heavy atom. The molecule has 7 heavy (non-hydrogen) atoms. The number of nitrogens with zero attached hydrogens (tertiary/aromatic N) is 1. The number of rotatable bonds is 0. The molecule has 0 saturated heterocycles. The molecule has 0 aliphatic heterocycles. The summed E-state index contributed by atoms with van der Waals surface area (Å²) in [6.07, 6.45) is 3.53. The molecule has 1 radical (unpaired) electrons. The van der Waals surface area contributed by atoms with E-state index in [1.807, 2.05) is 6.07 Å². The van der Waals surface area contributed by atoms with Crippen LogP contribution in [0.4, 0.5) is 0 Å². The Kier molecular flexibility index (Phi) is 0.844. The standard InChI is InChI=1S/C5H5N2/c6-3-4-1-2-5(4)7/h5H,2,7H2. The van der Waals surface area contributed by atoms with Crippen LogP contribution in [0.15, 0.2) is 5.57 Å². The summed E-state index contributed by atoms with van der Waals surface area (Å²) < 4.78 is 0. The molecule has 1 aliphatic carbocycles.